The van der Waals surface area contributed by atoms with E-state index in [1.54, 1.807) is 13.2 Å². The molecule has 1 aromatic heterocycles. The highest BCUT2D eigenvalue weighted by Gasteiger charge is 2.33. The van der Waals surface area contributed by atoms with Crippen molar-refractivity contribution in [2.75, 3.05) is 20.3 Å². The lowest BCUT2D eigenvalue weighted by molar-refractivity contribution is -0.129. The van der Waals surface area contributed by atoms with Gasteiger partial charge < -0.3 is 9.30 Å². The molecule has 0 atom stereocenters. The smallest absolute Gasteiger partial charge is 0.265 e. The molecule has 1 aliphatic rings. The summed E-state index contributed by atoms with van der Waals surface area (Å²) in [5.41, 5.74) is 2.91. The molecular formula is C23H20ClN3O3S. The van der Waals surface area contributed by atoms with Crippen LogP contribution in [-0.2, 0) is 20.9 Å². The van der Waals surface area contributed by atoms with Gasteiger partial charge in [0.25, 0.3) is 11.8 Å². The zero-order valence-electron chi connectivity index (χ0n) is 16.8. The van der Waals surface area contributed by atoms with Gasteiger partial charge in [0.2, 0.25) is 0 Å². The number of para-hydroxylation sites is 1. The van der Waals surface area contributed by atoms with Crippen LogP contribution in [0.25, 0.3) is 17.0 Å². The quantitative estimate of drug-likeness (QED) is 0.352. The fraction of sp³-hybridized carbons (Fsp3) is 0.174. The summed E-state index contributed by atoms with van der Waals surface area (Å²) in [7, 11) is 1.54. The summed E-state index contributed by atoms with van der Waals surface area (Å²) in [6, 6.07) is 15.5. The predicted molar refractivity (Wildman–Crippen MR) is 125 cm³/mol. The number of carbonyl (C=O) groups excluding carboxylic acids is 2. The molecule has 0 bridgehead atoms. The zero-order valence-corrected chi connectivity index (χ0v) is 18.4. The minimum atomic E-state index is -0.502. The molecule has 158 valence electrons. The number of rotatable bonds is 6. The van der Waals surface area contributed by atoms with Crippen molar-refractivity contribution in [3.05, 3.63) is 76.5 Å². The third-order valence-electron chi connectivity index (χ3n) is 5.09. The van der Waals surface area contributed by atoms with Gasteiger partial charge in [0, 0.05) is 41.3 Å². The molecule has 2 heterocycles. The Morgan fingerprint density at radius 1 is 1.13 bits per heavy atom. The fourth-order valence-corrected chi connectivity index (χ4v) is 3.94. The van der Waals surface area contributed by atoms with E-state index in [0.717, 1.165) is 22.0 Å². The first kappa shape index (κ1) is 21.2. The fourth-order valence-electron chi connectivity index (χ4n) is 3.54. The van der Waals surface area contributed by atoms with Gasteiger partial charge in [0.15, 0.2) is 5.11 Å². The molecule has 3 aromatic rings. The predicted octanol–water partition coefficient (Wildman–Crippen LogP) is 3.62. The van der Waals surface area contributed by atoms with Crippen molar-refractivity contribution < 1.29 is 14.3 Å². The molecule has 4 rings (SSSR count). The van der Waals surface area contributed by atoms with E-state index in [9.17, 15) is 9.59 Å². The number of thiocarbonyl (C=S) groups is 1. The first-order valence-corrected chi connectivity index (χ1v) is 10.5. The SMILES string of the molecule is COCCN1C(=O)/C(=C/c2cn(Cc3ccc(Cl)cc3)c3ccccc23)C(=O)NC1=S. The number of aromatic nitrogens is 1. The van der Waals surface area contributed by atoms with Crippen molar-refractivity contribution in [2.45, 2.75) is 6.54 Å². The molecule has 0 saturated carbocycles. The Kier molecular flexibility index (Phi) is 6.18. The molecule has 1 saturated heterocycles. The van der Waals surface area contributed by atoms with Gasteiger partial charge in [-0.3, -0.25) is 19.8 Å². The van der Waals surface area contributed by atoms with Gasteiger partial charge in [0.1, 0.15) is 5.57 Å². The molecule has 1 aliphatic heterocycles. The maximum absolute atomic E-state index is 13.0. The van der Waals surface area contributed by atoms with Crippen molar-refractivity contribution in [2.24, 2.45) is 0 Å². The van der Waals surface area contributed by atoms with Crippen molar-refractivity contribution in [3.63, 3.8) is 0 Å². The van der Waals surface area contributed by atoms with Crippen LogP contribution in [0.5, 0.6) is 0 Å². The molecule has 2 aromatic carbocycles. The number of ether oxygens (including phenoxy) is 1. The number of hydrogen-bond acceptors (Lipinski definition) is 4. The van der Waals surface area contributed by atoms with Gasteiger partial charge in [-0.1, -0.05) is 41.9 Å². The molecule has 2 amide bonds. The molecular weight excluding hydrogens is 434 g/mol. The summed E-state index contributed by atoms with van der Waals surface area (Å²) in [6.07, 6.45) is 3.57. The summed E-state index contributed by atoms with van der Waals surface area (Å²) in [5.74, 6) is -0.932. The first-order chi connectivity index (χ1) is 15.0. The largest absolute Gasteiger partial charge is 0.383 e. The second-order valence-corrected chi connectivity index (χ2v) is 7.95. The summed E-state index contributed by atoms with van der Waals surface area (Å²) in [5, 5.41) is 4.32. The number of nitrogens with zero attached hydrogens (tertiary/aromatic N) is 2. The summed E-state index contributed by atoms with van der Waals surface area (Å²) >= 11 is 11.2. The van der Waals surface area contributed by atoms with Crippen LogP contribution in [0.2, 0.25) is 5.02 Å². The molecule has 31 heavy (non-hydrogen) atoms. The molecule has 0 radical (unpaired) electrons. The van der Waals surface area contributed by atoms with Crippen molar-refractivity contribution >= 4 is 57.7 Å². The molecule has 0 spiro atoms. The van der Waals surface area contributed by atoms with Gasteiger partial charge in [-0.05, 0) is 42.1 Å². The lowest BCUT2D eigenvalue weighted by Gasteiger charge is -2.28. The van der Waals surface area contributed by atoms with Gasteiger partial charge in [0.05, 0.1) is 13.2 Å². The molecule has 0 unspecified atom stereocenters. The standard InChI is InChI=1S/C23H20ClN3O3S/c1-30-11-10-27-22(29)19(21(28)25-23(27)31)12-16-14-26(20-5-3-2-4-18(16)20)13-15-6-8-17(24)9-7-15/h2-9,12,14H,10-11,13H2,1H3,(H,25,28,31)/b19-12+. The third kappa shape index (κ3) is 4.39. The number of amides is 2. The maximum Gasteiger partial charge on any atom is 0.265 e. The van der Waals surface area contributed by atoms with Crippen LogP contribution in [0.15, 0.2) is 60.3 Å². The average Bonchev–Trinajstić information content (AvgIpc) is 3.10. The van der Waals surface area contributed by atoms with Gasteiger partial charge >= 0.3 is 0 Å². The van der Waals surface area contributed by atoms with Crippen LogP contribution in [0.3, 0.4) is 0 Å². The number of fused-ring (bicyclic) bond motifs is 1. The van der Waals surface area contributed by atoms with E-state index in [-0.39, 0.29) is 17.2 Å². The van der Waals surface area contributed by atoms with E-state index in [1.165, 1.54) is 4.90 Å². The van der Waals surface area contributed by atoms with Gasteiger partial charge in [-0.2, -0.15) is 0 Å². The topological polar surface area (TPSA) is 63.6 Å². The summed E-state index contributed by atoms with van der Waals surface area (Å²) in [4.78, 5) is 26.8. The maximum atomic E-state index is 13.0. The normalized spacial score (nSPS) is 15.7. The van der Waals surface area contributed by atoms with E-state index in [1.807, 2.05) is 54.7 Å². The van der Waals surface area contributed by atoms with Crippen LogP contribution >= 0.6 is 23.8 Å². The molecule has 1 N–H and O–H groups in total. The Labute approximate surface area is 190 Å². The number of benzene rings is 2. The van der Waals surface area contributed by atoms with E-state index in [0.29, 0.717) is 18.2 Å². The van der Waals surface area contributed by atoms with E-state index >= 15 is 0 Å². The van der Waals surface area contributed by atoms with Crippen LogP contribution in [0.1, 0.15) is 11.1 Å². The number of halogens is 1. The highest BCUT2D eigenvalue weighted by atomic mass is 35.5. The number of methoxy groups -OCH3 is 1. The second-order valence-electron chi connectivity index (χ2n) is 7.12. The van der Waals surface area contributed by atoms with Gasteiger partial charge in [-0.25, -0.2) is 0 Å². The zero-order chi connectivity index (χ0) is 22.0. The van der Waals surface area contributed by atoms with E-state index in [2.05, 4.69) is 9.88 Å². The lowest BCUT2D eigenvalue weighted by atomic mass is 10.1. The minimum absolute atomic E-state index is 0.0408. The molecule has 6 nitrogen and oxygen atoms in total. The Morgan fingerprint density at radius 2 is 1.87 bits per heavy atom. The Balaban J connectivity index is 1.73. The number of hydrogen-bond donors (Lipinski definition) is 1. The second kappa shape index (κ2) is 9.01. The van der Waals surface area contributed by atoms with Crippen LogP contribution in [0, 0.1) is 0 Å². The Morgan fingerprint density at radius 3 is 2.61 bits per heavy atom. The Bertz CT molecular complexity index is 1200. The Hall–Kier alpha value is -3.00. The third-order valence-corrected chi connectivity index (χ3v) is 5.66. The van der Waals surface area contributed by atoms with E-state index in [4.69, 9.17) is 28.6 Å². The number of nitrogens with one attached hydrogen (secondary N) is 1. The molecule has 1 fully saturated rings. The van der Waals surface area contributed by atoms with Crippen molar-refractivity contribution in [3.8, 4) is 0 Å². The lowest BCUT2D eigenvalue weighted by Crippen LogP contribution is -2.54. The highest BCUT2D eigenvalue weighted by molar-refractivity contribution is 7.80. The monoisotopic (exact) mass is 453 g/mol. The molecule has 8 heteroatoms. The molecule has 0 aliphatic carbocycles. The van der Waals surface area contributed by atoms with Crippen LogP contribution in [-0.4, -0.2) is 46.7 Å². The van der Waals surface area contributed by atoms with Crippen LogP contribution < -0.4 is 5.32 Å². The summed E-state index contributed by atoms with van der Waals surface area (Å²) < 4.78 is 7.14. The van der Waals surface area contributed by atoms with Crippen LogP contribution in [0.4, 0.5) is 0 Å². The first-order valence-electron chi connectivity index (χ1n) is 9.68. The van der Waals surface area contributed by atoms with Crippen molar-refractivity contribution in [1.82, 2.24) is 14.8 Å². The average molecular weight is 454 g/mol. The van der Waals surface area contributed by atoms with E-state index < -0.39 is 11.8 Å². The van der Waals surface area contributed by atoms with Crippen molar-refractivity contribution in [1.29, 1.82) is 0 Å². The van der Waals surface area contributed by atoms with Gasteiger partial charge in [-0.15, -0.1) is 0 Å². The number of carbonyl (C=O) groups is 2. The summed E-state index contributed by atoms with van der Waals surface area (Å²) in [6.45, 7) is 1.21. The highest BCUT2D eigenvalue weighted by Crippen LogP contribution is 2.26. The minimum Gasteiger partial charge on any atom is -0.383 e.